The Labute approximate surface area is 185 Å². The molecule has 1 N–H and O–H groups in total. The van der Waals surface area contributed by atoms with E-state index < -0.39 is 27.8 Å². The molecule has 0 radical (unpaired) electrons. The summed E-state index contributed by atoms with van der Waals surface area (Å²) >= 11 is 0. The molecule has 1 unspecified atom stereocenters. The van der Waals surface area contributed by atoms with Gasteiger partial charge in [-0.2, -0.15) is 13.2 Å². The van der Waals surface area contributed by atoms with Crippen LogP contribution in [-0.4, -0.2) is 32.3 Å². The van der Waals surface area contributed by atoms with Gasteiger partial charge >= 0.3 is 6.18 Å². The highest BCUT2D eigenvalue weighted by Gasteiger charge is 2.33. The summed E-state index contributed by atoms with van der Waals surface area (Å²) < 4.78 is 68.8. The molecule has 1 aliphatic heterocycles. The largest absolute Gasteiger partial charge is 0.416 e. The third-order valence-corrected chi connectivity index (χ3v) is 7.45. The molecule has 170 valence electrons. The number of halogens is 3. The van der Waals surface area contributed by atoms with Crippen LogP contribution in [0.15, 0.2) is 53.4 Å². The first-order chi connectivity index (χ1) is 15.1. The Balaban J connectivity index is 1.66. The molecule has 1 atom stereocenters. The monoisotopic (exact) mass is 464 g/mol. The Kier molecular flexibility index (Phi) is 6.13. The van der Waals surface area contributed by atoms with E-state index in [0.29, 0.717) is 32.2 Å². The summed E-state index contributed by atoms with van der Waals surface area (Å²) in [5.74, 6) is -0.132. The van der Waals surface area contributed by atoms with E-state index in [1.165, 1.54) is 17.0 Å². The Morgan fingerprint density at radius 1 is 1.03 bits per heavy atom. The second-order valence-corrected chi connectivity index (χ2v) is 9.82. The summed E-state index contributed by atoms with van der Waals surface area (Å²) in [5, 5.41) is 0. The second kappa shape index (κ2) is 8.71. The van der Waals surface area contributed by atoms with E-state index in [4.69, 9.17) is 0 Å². The van der Waals surface area contributed by atoms with Gasteiger partial charge in [0.15, 0.2) is 0 Å². The minimum Gasteiger partial charge on any atom is -0.341 e. The van der Waals surface area contributed by atoms with Gasteiger partial charge in [0.2, 0.25) is 15.9 Å². The zero-order valence-electron chi connectivity index (χ0n) is 17.2. The molecule has 2 aromatic rings. The van der Waals surface area contributed by atoms with Crippen LogP contribution in [0.3, 0.4) is 0 Å². The average Bonchev–Trinajstić information content (AvgIpc) is 3.16. The van der Waals surface area contributed by atoms with Gasteiger partial charge in [0, 0.05) is 19.5 Å². The number of carbonyl (C=O) groups is 1. The Hall–Kier alpha value is -2.65. The van der Waals surface area contributed by atoms with Gasteiger partial charge in [-0.3, -0.25) is 4.79 Å². The molecule has 2 aliphatic rings. The number of nitrogens with one attached hydrogen (secondary N) is 1. The van der Waals surface area contributed by atoms with Crippen LogP contribution in [0.25, 0.3) is 6.08 Å². The van der Waals surface area contributed by atoms with Crippen molar-refractivity contribution in [2.45, 2.75) is 37.9 Å². The van der Waals surface area contributed by atoms with Gasteiger partial charge in [0.1, 0.15) is 0 Å². The standard InChI is InChI=1S/C23H23F3N2O3S/c24-23(25,26)19-8-3-7-18(13-19)21(15-28-12-4-9-22(28)29)27-32(30,31)20-11-10-16-5-1-2-6-17(16)14-20/h1-3,5-8,13-14,21,27H,4,9-12,15H2. The number of amides is 1. The molecule has 0 spiro atoms. The van der Waals surface area contributed by atoms with Gasteiger partial charge in [-0.05, 0) is 54.2 Å². The van der Waals surface area contributed by atoms with E-state index in [1.54, 1.807) is 6.08 Å². The van der Waals surface area contributed by atoms with E-state index in [-0.39, 0.29) is 22.9 Å². The molecule has 0 aromatic heterocycles. The molecule has 2 aromatic carbocycles. The van der Waals surface area contributed by atoms with Crippen LogP contribution in [0.1, 0.15) is 47.6 Å². The van der Waals surface area contributed by atoms with Crippen LogP contribution >= 0.6 is 0 Å². The van der Waals surface area contributed by atoms with Crippen molar-refractivity contribution in [3.05, 3.63) is 75.7 Å². The SMILES string of the molecule is O=C1CCCN1CC(NS(=O)(=O)C1=Cc2ccccc2CC1)c1cccc(C(F)(F)F)c1. The molecule has 9 heteroatoms. The lowest BCUT2D eigenvalue weighted by atomic mass is 9.98. The summed E-state index contributed by atoms with van der Waals surface area (Å²) in [5.41, 5.74) is 1.16. The summed E-state index contributed by atoms with van der Waals surface area (Å²) in [6, 6.07) is 11.1. The molecule has 1 saturated heterocycles. The summed E-state index contributed by atoms with van der Waals surface area (Å²) in [6.45, 7) is 0.426. The number of benzene rings is 2. The number of sulfonamides is 1. The molecule has 1 fully saturated rings. The van der Waals surface area contributed by atoms with Crippen molar-refractivity contribution in [2.24, 2.45) is 0 Å². The molecule has 0 bridgehead atoms. The third kappa shape index (κ3) is 4.88. The fourth-order valence-electron chi connectivity index (χ4n) is 4.14. The van der Waals surface area contributed by atoms with Crippen LogP contribution < -0.4 is 4.72 Å². The van der Waals surface area contributed by atoms with Crippen LogP contribution in [0.2, 0.25) is 0 Å². The molecule has 5 nitrogen and oxygen atoms in total. The lowest BCUT2D eigenvalue weighted by molar-refractivity contribution is -0.137. The van der Waals surface area contributed by atoms with Crippen molar-refractivity contribution in [1.29, 1.82) is 0 Å². The predicted octanol–water partition coefficient (Wildman–Crippen LogP) is 4.28. The van der Waals surface area contributed by atoms with Crippen molar-refractivity contribution in [3.63, 3.8) is 0 Å². The highest BCUT2D eigenvalue weighted by atomic mass is 32.2. The molecule has 32 heavy (non-hydrogen) atoms. The molecular formula is C23H23F3N2O3S. The number of aryl methyl sites for hydroxylation is 1. The summed E-state index contributed by atoms with van der Waals surface area (Å²) in [4.78, 5) is 13.8. The van der Waals surface area contributed by atoms with E-state index in [1.807, 2.05) is 24.3 Å². The van der Waals surface area contributed by atoms with Gasteiger partial charge in [-0.1, -0.05) is 36.4 Å². The number of rotatable bonds is 6. The van der Waals surface area contributed by atoms with Crippen LogP contribution in [0.4, 0.5) is 13.2 Å². The smallest absolute Gasteiger partial charge is 0.341 e. The maximum atomic E-state index is 13.3. The van der Waals surface area contributed by atoms with Gasteiger partial charge in [-0.25, -0.2) is 13.1 Å². The van der Waals surface area contributed by atoms with Crippen molar-refractivity contribution in [3.8, 4) is 0 Å². The number of allylic oxidation sites excluding steroid dienone is 1. The molecule has 1 heterocycles. The first-order valence-electron chi connectivity index (χ1n) is 10.4. The van der Waals surface area contributed by atoms with Crippen molar-refractivity contribution >= 4 is 22.0 Å². The van der Waals surface area contributed by atoms with E-state index >= 15 is 0 Å². The summed E-state index contributed by atoms with van der Waals surface area (Å²) in [6.07, 6.45) is -1.11. The van der Waals surface area contributed by atoms with Gasteiger partial charge in [-0.15, -0.1) is 0 Å². The second-order valence-electron chi connectivity index (χ2n) is 8.05. The minimum absolute atomic E-state index is 0.0246. The Morgan fingerprint density at radius 3 is 2.53 bits per heavy atom. The Morgan fingerprint density at radius 2 is 1.81 bits per heavy atom. The van der Waals surface area contributed by atoms with E-state index in [9.17, 15) is 26.4 Å². The number of hydrogen-bond donors (Lipinski definition) is 1. The van der Waals surface area contributed by atoms with Crippen LogP contribution in [-0.2, 0) is 27.4 Å². The first kappa shape index (κ1) is 22.5. The van der Waals surface area contributed by atoms with E-state index in [0.717, 1.165) is 23.3 Å². The van der Waals surface area contributed by atoms with Crippen molar-refractivity contribution in [2.75, 3.05) is 13.1 Å². The highest BCUT2D eigenvalue weighted by molar-refractivity contribution is 7.93. The topological polar surface area (TPSA) is 66.5 Å². The first-order valence-corrected chi connectivity index (χ1v) is 11.9. The van der Waals surface area contributed by atoms with Gasteiger partial charge < -0.3 is 4.90 Å². The summed E-state index contributed by atoms with van der Waals surface area (Å²) in [7, 11) is -3.99. The van der Waals surface area contributed by atoms with Crippen LogP contribution in [0, 0.1) is 0 Å². The zero-order chi connectivity index (χ0) is 22.9. The van der Waals surface area contributed by atoms with E-state index in [2.05, 4.69) is 4.72 Å². The fraction of sp³-hybridized carbons (Fsp3) is 0.348. The van der Waals surface area contributed by atoms with Crippen LogP contribution in [0.5, 0.6) is 0 Å². The van der Waals surface area contributed by atoms with Crippen molar-refractivity contribution in [1.82, 2.24) is 9.62 Å². The number of carbonyl (C=O) groups excluding carboxylic acids is 1. The third-order valence-electron chi connectivity index (χ3n) is 5.85. The van der Waals surface area contributed by atoms with Gasteiger partial charge in [0.25, 0.3) is 0 Å². The predicted molar refractivity (Wildman–Crippen MR) is 115 cm³/mol. The molecule has 4 rings (SSSR count). The minimum atomic E-state index is -4.56. The molecule has 1 amide bonds. The fourth-order valence-corrected chi connectivity index (χ4v) is 5.53. The quantitative estimate of drug-likeness (QED) is 0.694. The normalized spacial score (nSPS) is 17.8. The molecule has 0 saturated carbocycles. The average molecular weight is 465 g/mol. The molecule has 1 aliphatic carbocycles. The maximum Gasteiger partial charge on any atom is 0.416 e. The van der Waals surface area contributed by atoms with Gasteiger partial charge in [0.05, 0.1) is 16.5 Å². The number of alkyl halides is 3. The lowest BCUT2D eigenvalue weighted by Gasteiger charge is -2.27. The lowest BCUT2D eigenvalue weighted by Crippen LogP contribution is -2.39. The number of hydrogen-bond acceptors (Lipinski definition) is 3. The maximum absolute atomic E-state index is 13.3. The number of fused-ring (bicyclic) bond motifs is 1. The molecular weight excluding hydrogens is 441 g/mol. The number of nitrogens with zero attached hydrogens (tertiary/aromatic N) is 1. The van der Waals surface area contributed by atoms with Crippen molar-refractivity contribution < 1.29 is 26.4 Å². The zero-order valence-corrected chi connectivity index (χ0v) is 18.0. The number of likely N-dealkylation sites (tertiary alicyclic amines) is 1. The Bertz CT molecular complexity index is 1160. The highest BCUT2D eigenvalue weighted by Crippen LogP contribution is 2.32.